The number of benzene rings is 3. The molecule has 0 radical (unpaired) electrons. The number of ether oxygens (including phenoxy) is 1. The fourth-order valence-electron chi connectivity index (χ4n) is 4.56. The molecule has 4 rings (SSSR count). The molecule has 0 amide bonds. The molecule has 0 bridgehead atoms. The van der Waals surface area contributed by atoms with Gasteiger partial charge in [0, 0.05) is 24.0 Å². The zero-order valence-electron chi connectivity index (χ0n) is 18.3. The van der Waals surface area contributed by atoms with Crippen molar-refractivity contribution in [2.75, 3.05) is 11.4 Å². The van der Waals surface area contributed by atoms with Gasteiger partial charge in [-0.15, -0.1) is 0 Å². The molecule has 1 aliphatic rings. The molecule has 0 spiro atoms. The van der Waals surface area contributed by atoms with Crippen molar-refractivity contribution >= 4 is 17.6 Å². The van der Waals surface area contributed by atoms with Crippen molar-refractivity contribution in [3.63, 3.8) is 0 Å². The number of rotatable bonds is 5. The third-order valence-corrected chi connectivity index (χ3v) is 5.90. The summed E-state index contributed by atoms with van der Waals surface area (Å²) in [6.45, 7) is 10.3. The maximum absolute atomic E-state index is 5.85. The van der Waals surface area contributed by atoms with Crippen molar-refractivity contribution < 1.29 is 4.74 Å². The van der Waals surface area contributed by atoms with Crippen LogP contribution in [0.4, 0.5) is 11.4 Å². The van der Waals surface area contributed by atoms with E-state index in [1.165, 1.54) is 11.3 Å². The van der Waals surface area contributed by atoms with E-state index in [1.807, 2.05) is 60.8 Å². The van der Waals surface area contributed by atoms with E-state index >= 15 is 0 Å². The van der Waals surface area contributed by atoms with Gasteiger partial charge in [0.1, 0.15) is 11.5 Å². The molecule has 0 fully saturated rings. The second kappa shape index (κ2) is 8.35. The molecule has 30 heavy (non-hydrogen) atoms. The maximum atomic E-state index is 5.85. The van der Waals surface area contributed by atoms with Crippen LogP contribution in [0.1, 0.15) is 51.2 Å². The second-order valence-electron chi connectivity index (χ2n) is 8.65. The minimum atomic E-state index is 0.195. The Kier molecular flexibility index (Phi) is 5.63. The molecule has 3 aromatic carbocycles. The Balaban J connectivity index is 1.50. The van der Waals surface area contributed by atoms with Gasteiger partial charge in [-0.3, -0.25) is 4.99 Å². The summed E-state index contributed by atoms with van der Waals surface area (Å²) in [5, 5.41) is 0. The molecule has 0 N–H and O–H groups in total. The van der Waals surface area contributed by atoms with Crippen molar-refractivity contribution in [3.8, 4) is 11.5 Å². The lowest BCUT2D eigenvalue weighted by Crippen LogP contribution is -2.48. The molecule has 3 aromatic rings. The summed E-state index contributed by atoms with van der Waals surface area (Å²) in [4.78, 5) is 7.19. The molecule has 3 nitrogen and oxygen atoms in total. The standard InChI is InChI=1S/C27H30N2O/c1-5-29-26-16-11-21(17-25(26)20(2)18-27(29,3)4)19-28-22-12-14-24(15-13-22)30-23-9-7-6-8-10-23/h6-17,19-20H,5,18H2,1-4H3/t20-/m1/s1. The van der Waals surface area contributed by atoms with Crippen LogP contribution in [0.15, 0.2) is 77.8 Å². The van der Waals surface area contributed by atoms with Crippen LogP contribution in [-0.4, -0.2) is 18.3 Å². The highest BCUT2D eigenvalue weighted by Crippen LogP contribution is 2.43. The van der Waals surface area contributed by atoms with Crippen LogP contribution in [0.2, 0.25) is 0 Å². The summed E-state index contributed by atoms with van der Waals surface area (Å²) < 4.78 is 5.85. The summed E-state index contributed by atoms with van der Waals surface area (Å²) in [7, 11) is 0. The van der Waals surface area contributed by atoms with Crippen LogP contribution < -0.4 is 9.64 Å². The Labute approximate surface area is 180 Å². The zero-order chi connectivity index (χ0) is 21.1. The van der Waals surface area contributed by atoms with Gasteiger partial charge in [0.25, 0.3) is 0 Å². The number of hydrogen-bond donors (Lipinski definition) is 0. The largest absolute Gasteiger partial charge is 0.457 e. The lowest BCUT2D eigenvalue weighted by atomic mass is 9.79. The van der Waals surface area contributed by atoms with Gasteiger partial charge in [0.2, 0.25) is 0 Å². The fourth-order valence-corrected chi connectivity index (χ4v) is 4.56. The van der Waals surface area contributed by atoms with Gasteiger partial charge in [-0.05, 0) is 92.8 Å². The lowest BCUT2D eigenvalue weighted by molar-refractivity contribution is 0.381. The molecule has 0 saturated heterocycles. The molecule has 0 aliphatic carbocycles. The van der Waals surface area contributed by atoms with E-state index in [1.54, 1.807) is 0 Å². The Bertz CT molecular complexity index is 1020. The number of hydrogen-bond acceptors (Lipinski definition) is 3. The molecule has 1 heterocycles. The number of aliphatic imine (C=N–C) groups is 1. The number of fused-ring (bicyclic) bond motifs is 1. The molecule has 1 atom stereocenters. The maximum Gasteiger partial charge on any atom is 0.127 e. The van der Waals surface area contributed by atoms with Gasteiger partial charge in [-0.25, -0.2) is 0 Å². The number of para-hydroxylation sites is 1. The van der Waals surface area contributed by atoms with Crippen molar-refractivity contribution in [1.29, 1.82) is 0 Å². The van der Waals surface area contributed by atoms with Crippen LogP contribution in [0.5, 0.6) is 11.5 Å². The van der Waals surface area contributed by atoms with E-state index < -0.39 is 0 Å². The molecular weight excluding hydrogens is 368 g/mol. The first-order valence-corrected chi connectivity index (χ1v) is 10.7. The van der Waals surface area contributed by atoms with Gasteiger partial charge in [0.05, 0.1) is 5.69 Å². The van der Waals surface area contributed by atoms with Gasteiger partial charge in [-0.2, -0.15) is 0 Å². The van der Waals surface area contributed by atoms with Crippen LogP contribution in [-0.2, 0) is 0 Å². The third kappa shape index (κ3) is 4.25. The Morgan fingerprint density at radius 1 is 1.00 bits per heavy atom. The van der Waals surface area contributed by atoms with E-state index in [2.05, 4.69) is 55.8 Å². The van der Waals surface area contributed by atoms with Crippen LogP contribution in [0, 0.1) is 0 Å². The smallest absolute Gasteiger partial charge is 0.127 e. The summed E-state index contributed by atoms with van der Waals surface area (Å²) in [6.07, 6.45) is 3.12. The number of anilines is 1. The van der Waals surface area contributed by atoms with Gasteiger partial charge >= 0.3 is 0 Å². The van der Waals surface area contributed by atoms with Crippen molar-refractivity contribution in [1.82, 2.24) is 0 Å². The second-order valence-corrected chi connectivity index (χ2v) is 8.65. The predicted octanol–water partition coefficient (Wildman–Crippen LogP) is 7.34. The summed E-state index contributed by atoms with van der Waals surface area (Å²) in [6, 6.07) is 24.4. The van der Waals surface area contributed by atoms with Crippen LogP contribution >= 0.6 is 0 Å². The first-order valence-electron chi connectivity index (χ1n) is 10.7. The Hall–Kier alpha value is -3.07. The molecule has 0 saturated carbocycles. The third-order valence-electron chi connectivity index (χ3n) is 5.90. The topological polar surface area (TPSA) is 24.8 Å². The van der Waals surface area contributed by atoms with Crippen molar-refractivity contribution in [3.05, 3.63) is 83.9 Å². The van der Waals surface area contributed by atoms with Crippen molar-refractivity contribution in [2.45, 2.75) is 45.6 Å². The van der Waals surface area contributed by atoms with E-state index in [4.69, 9.17) is 4.74 Å². The van der Waals surface area contributed by atoms with Gasteiger partial charge in [0.15, 0.2) is 0 Å². The molecule has 3 heteroatoms. The van der Waals surface area contributed by atoms with E-state index in [-0.39, 0.29) is 5.54 Å². The average Bonchev–Trinajstić information content (AvgIpc) is 2.74. The molecule has 0 unspecified atom stereocenters. The molecule has 154 valence electrons. The summed E-state index contributed by atoms with van der Waals surface area (Å²) in [5.41, 5.74) is 5.03. The van der Waals surface area contributed by atoms with Crippen LogP contribution in [0.25, 0.3) is 0 Å². The van der Waals surface area contributed by atoms with E-state index in [0.29, 0.717) is 5.92 Å². The molecular formula is C27H30N2O. The molecule has 1 aliphatic heterocycles. The minimum Gasteiger partial charge on any atom is -0.457 e. The highest BCUT2D eigenvalue weighted by atomic mass is 16.5. The van der Waals surface area contributed by atoms with Crippen LogP contribution in [0.3, 0.4) is 0 Å². The fraction of sp³-hybridized carbons (Fsp3) is 0.296. The lowest BCUT2D eigenvalue weighted by Gasteiger charge is -2.47. The average molecular weight is 399 g/mol. The highest BCUT2D eigenvalue weighted by Gasteiger charge is 2.35. The quantitative estimate of drug-likeness (QED) is 0.420. The molecule has 0 aromatic heterocycles. The first-order chi connectivity index (χ1) is 14.5. The minimum absolute atomic E-state index is 0.195. The SMILES string of the molecule is CCN1c2ccc(C=Nc3ccc(Oc4ccccc4)cc3)cc2[C@H](C)CC1(C)C. The Morgan fingerprint density at radius 3 is 2.40 bits per heavy atom. The first kappa shape index (κ1) is 20.2. The van der Waals surface area contributed by atoms with Crippen molar-refractivity contribution in [2.24, 2.45) is 4.99 Å². The summed E-state index contributed by atoms with van der Waals surface area (Å²) >= 11 is 0. The number of nitrogens with zero attached hydrogens (tertiary/aromatic N) is 2. The highest BCUT2D eigenvalue weighted by molar-refractivity contribution is 5.83. The Morgan fingerprint density at radius 2 is 1.70 bits per heavy atom. The predicted molar refractivity (Wildman–Crippen MR) is 127 cm³/mol. The van der Waals surface area contributed by atoms with Gasteiger partial charge in [-0.1, -0.05) is 31.2 Å². The van der Waals surface area contributed by atoms with E-state index in [0.717, 1.165) is 35.7 Å². The zero-order valence-corrected chi connectivity index (χ0v) is 18.3. The summed E-state index contributed by atoms with van der Waals surface area (Å²) in [5.74, 6) is 2.19. The normalized spacial score (nSPS) is 17.7. The monoisotopic (exact) mass is 398 g/mol. The van der Waals surface area contributed by atoms with Gasteiger partial charge < -0.3 is 9.64 Å². The van der Waals surface area contributed by atoms with E-state index in [9.17, 15) is 0 Å².